The first-order valence-electron chi connectivity index (χ1n) is 5.60. The van der Waals surface area contributed by atoms with Crippen LogP contribution in [0, 0.1) is 0 Å². The van der Waals surface area contributed by atoms with E-state index in [9.17, 15) is 4.79 Å². The van der Waals surface area contributed by atoms with Crippen LogP contribution in [-0.4, -0.2) is 36.6 Å². The van der Waals surface area contributed by atoms with E-state index in [0.29, 0.717) is 37.7 Å². The Labute approximate surface area is 106 Å². The van der Waals surface area contributed by atoms with E-state index in [4.69, 9.17) is 15.2 Å². The van der Waals surface area contributed by atoms with Gasteiger partial charge >= 0.3 is 0 Å². The number of hydrogen-bond acceptors (Lipinski definition) is 6. The summed E-state index contributed by atoms with van der Waals surface area (Å²) in [6.07, 6.45) is 2.44. The SMILES string of the molecule is COc1ncnc(OC)c1CNCCCC(N)=O. The molecule has 0 aliphatic heterocycles. The van der Waals surface area contributed by atoms with Crippen molar-refractivity contribution in [1.29, 1.82) is 0 Å². The van der Waals surface area contributed by atoms with E-state index in [-0.39, 0.29) is 5.91 Å². The number of nitrogens with two attached hydrogens (primary N) is 1. The summed E-state index contributed by atoms with van der Waals surface area (Å²) in [6.45, 7) is 1.18. The van der Waals surface area contributed by atoms with E-state index in [2.05, 4.69) is 15.3 Å². The Hall–Kier alpha value is -1.89. The van der Waals surface area contributed by atoms with Gasteiger partial charge in [0.25, 0.3) is 0 Å². The molecule has 1 aromatic heterocycles. The van der Waals surface area contributed by atoms with Crippen molar-refractivity contribution in [3.63, 3.8) is 0 Å². The van der Waals surface area contributed by atoms with Crippen molar-refractivity contribution in [1.82, 2.24) is 15.3 Å². The Morgan fingerprint density at radius 3 is 2.44 bits per heavy atom. The van der Waals surface area contributed by atoms with Crippen LogP contribution in [0.3, 0.4) is 0 Å². The van der Waals surface area contributed by atoms with Gasteiger partial charge in [0.05, 0.1) is 19.8 Å². The van der Waals surface area contributed by atoms with Crippen molar-refractivity contribution in [2.75, 3.05) is 20.8 Å². The minimum Gasteiger partial charge on any atom is -0.481 e. The van der Waals surface area contributed by atoms with Gasteiger partial charge in [0.1, 0.15) is 6.33 Å². The summed E-state index contributed by atoms with van der Waals surface area (Å²) in [5.74, 6) is 0.656. The van der Waals surface area contributed by atoms with E-state index in [1.165, 1.54) is 6.33 Å². The molecule has 0 aliphatic carbocycles. The highest BCUT2D eigenvalue weighted by Gasteiger charge is 2.11. The lowest BCUT2D eigenvalue weighted by Crippen LogP contribution is -2.19. The van der Waals surface area contributed by atoms with Crippen LogP contribution in [0.5, 0.6) is 11.8 Å². The van der Waals surface area contributed by atoms with Crippen LogP contribution in [0.2, 0.25) is 0 Å². The highest BCUT2D eigenvalue weighted by Crippen LogP contribution is 2.22. The van der Waals surface area contributed by atoms with Crippen molar-refractivity contribution in [2.24, 2.45) is 5.73 Å². The van der Waals surface area contributed by atoms with Crippen LogP contribution in [0.1, 0.15) is 18.4 Å². The Balaban J connectivity index is 2.52. The Morgan fingerprint density at radius 1 is 1.33 bits per heavy atom. The standard InChI is InChI=1S/C11H18N4O3/c1-17-10-8(11(18-2)15-7-14-10)6-13-5-3-4-9(12)16/h7,13H,3-6H2,1-2H3,(H2,12,16). The fraction of sp³-hybridized carbons (Fsp3) is 0.545. The molecular formula is C11H18N4O3. The molecule has 7 heteroatoms. The molecule has 0 aromatic carbocycles. The van der Waals surface area contributed by atoms with Crippen LogP contribution in [0.25, 0.3) is 0 Å². The van der Waals surface area contributed by atoms with E-state index in [0.717, 1.165) is 5.56 Å². The second-order valence-electron chi connectivity index (χ2n) is 3.62. The maximum atomic E-state index is 10.6. The summed E-state index contributed by atoms with van der Waals surface area (Å²) in [7, 11) is 3.08. The number of methoxy groups -OCH3 is 2. The van der Waals surface area contributed by atoms with Crippen molar-refractivity contribution >= 4 is 5.91 Å². The molecule has 1 rings (SSSR count). The quantitative estimate of drug-likeness (QED) is 0.626. The van der Waals surface area contributed by atoms with Gasteiger partial charge in [0, 0.05) is 13.0 Å². The van der Waals surface area contributed by atoms with Gasteiger partial charge in [-0.1, -0.05) is 0 Å². The summed E-state index contributed by atoms with van der Waals surface area (Å²) in [4.78, 5) is 18.6. The third-order valence-electron chi connectivity index (χ3n) is 2.33. The number of rotatable bonds is 8. The van der Waals surface area contributed by atoms with Crippen LogP contribution < -0.4 is 20.5 Å². The van der Waals surface area contributed by atoms with E-state index < -0.39 is 0 Å². The molecule has 0 fully saturated rings. The van der Waals surface area contributed by atoms with Gasteiger partial charge in [-0.05, 0) is 13.0 Å². The second-order valence-corrected chi connectivity index (χ2v) is 3.62. The average Bonchev–Trinajstić information content (AvgIpc) is 2.37. The van der Waals surface area contributed by atoms with Gasteiger partial charge in [-0.15, -0.1) is 0 Å². The molecule has 1 amide bonds. The lowest BCUT2D eigenvalue weighted by atomic mass is 10.2. The molecule has 0 bridgehead atoms. The number of hydrogen-bond donors (Lipinski definition) is 2. The first kappa shape index (κ1) is 14.2. The Kier molecular flexibility index (Phi) is 5.86. The van der Waals surface area contributed by atoms with E-state index in [1.54, 1.807) is 14.2 Å². The molecule has 7 nitrogen and oxygen atoms in total. The topological polar surface area (TPSA) is 99.4 Å². The fourth-order valence-corrected chi connectivity index (χ4v) is 1.49. The predicted octanol–water partition coefficient (Wildman–Crippen LogP) is -0.151. The van der Waals surface area contributed by atoms with Gasteiger partial charge in [-0.25, -0.2) is 9.97 Å². The number of carbonyl (C=O) groups is 1. The predicted molar refractivity (Wildman–Crippen MR) is 65.3 cm³/mol. The lowest BCUT2D eigenvalue weighted by Gasteiger charge is -2.11. The van der Waals surface area contributed by atoms with Crippen molar-refractivity contribution in [3.8, 4) is 11.8 Å². The zero-order valence-electron chi connectivity index (χ0n) is 10.6. The van der Waals surface area contributed by atoms with Gasteiger partial charge in [0.2, 0.25) is 17.7 Å². The molecule has 18 heavy (non-hydrogen) atoms. The summed E-state index contributed by atoms with van der Waals surface area (Å²) >= 11 is 0. The number of primary amides is 1. The monoisotopic (exact) mass is 254 g/mol. The molecule has 0 atom stereocenters. The maximum Gasteiger partial charge on any atom is 0.224 e. The van der Waals surface area contributed by atoms with E-state index >= 15 is 0 Å². The number of nitrogens with one attached hydrogen (secondary N) is 1. The zero-order valence-corrected chi connectivity index (χ0v) is 10.6. The van der Waals surface area contributed by atoms with Gasteiger partial charge in [-0.3, -0.25) is 4.79 Å². The normalized spacial score (nSPS) is 10.1. The second kappa shape index (κ2) is 7.44. The lowest BCUT2D eigenvalue weighted by molar-refractivity contribution is -0.118. The summed E-state index contributed by atoms with van der Waals surface area (Å²) in [6, 6.07) is 0. The van der Waals surface area contributed by atoms with Gasteiger partial charge in [-0.2, -0.15) is 0 Å². The molecule has 100 valence electrons. The molecule has 0 saturated carbocycles. The van der Waals surface area contributed by atoms with Gasteiger partial charge in [0.15, 0.2) is 0 Å². The summed E-state index contributed by atoms with van der Waals surface area (Å²) in [5, 5.41) is 3.16. The first-order valence-corrected chi connectivity index (χ1v) is 5.60. The van der Waals surface area contributed by atoms with Crippen LogP contribution in [0.4, 0.5) is 0 Å². The highest BCUT2D eigenvalue weighted by molar-refractivity contribution is 5.73. The summed E-state index contributed by atoms with van der Waals surface area (Å²) < 4.78 is 10.3. The molecule has 0 saturated heterocycles. The Morgan fingerprint density at radius 2 is 1.94 bits per heavy atom. The number of aromatic nitrogens is 2. The van der Waals surface area contributed by atoms with E-state index in [1.807, 2.05) is 0 Å². The largest absolute Gasteiger partial charge is 0.481 e. The van der Waals surface area contributed by atoms with Crippen LogP contribution >= 0.6 is 0 Å². The number of ether oxygens (including phenoxy) is 2. The third-order valence-corrected chi connectivity index (χ3v) is 2.33. The summed E-state index contributed by atoms with van der Waals surface area (Å²) in [5.41, 5.74) is 5.80. The minimum absolute atomic E-state index is 0.296. The smallest absolute Gasteiger partial charge is 0.224 e. The highest BCUT2D eigenvalue weighted by atomic mass is 16.5. The van der Waals surface area contributed by atoms with Crippen molar-refractivity contribution < 1.29 is 14.3 Å². The van der Waals surface area contributed by atoms with Gasteiger partial charge < -0.3 is 20.5 Å². The average molecular weight is 254 g/mol. The molecule has 0 aliphatic rings. The molecule has 1 aromatic rings. The number of nitrogens with zero attached hydrogens (tertiary/aromatic N) is 2. The molecule has 0 unspecified atom stereocenters. The molecular weight excluding hydrogens is 236 g/mol. The van der Waals surface area contributed by atoms with Crippen molar-refractivity contribution in [3.05, 3.63) is 11.9 Å². The van der Waals surface area contributed by atoms with Crippen molar-refractivity contribution in [2.45, 2.75) is 19.4 Å². The fourth-order valence-electron chi connectivity index (χ4n) is 1.49. The Bertz CT molecular complexity index is 376. The molecule has 1 heterocycles. The number of amides is 1. The molecule has 0 radical (unpaired) electrons. The molecule has 3 N–H and O–H groups in total. The minimum atomic E-state index is -0.296. The third kappa shape index (κ3) is 4.17. The zero-order chi connectivity index (χ0) is 13.4. The van der Waals surface area contributed by atoms with Crippen LogP contribution in [-0.2, 0) is 11.3 Å². The maximum absolute atomic E-state index is 10.6. The van der Waals surface area contributed by atoms with Crippen LogP contribution in [0.15, 0.2) is 6.33 Å². The number of carbonyl (C=O) groups excluding carboxylic acids is 1. The first-order chi connectivity index (χ1) is 8.69. The molecule has 0 spiro atoms.